The summed E-state index contributed by atoms with van der Waals surface area (Å²) in [6, 6.07) is 11.8. The number of nitrogens with two attached hydrogens (primary N) is 1. The molecule has 0 fully saturated rings. The summed E-state index contributed by atoms with van der Waals surface area (Å²) in [5.74, 6) is -2.09. The molecular formula is C19H15FN4O2S. The van der Waals surface area contributed by atoms with Gasteiger partial charge in [0.15, 0.2) is 0 Å². The van der Waals surface area contributed by atoms with Crippen molar-refractivity contribution in [1.29, 1.82) is 0 Å². The van der Waals surface area contributed by atoms with Crippen LogP contribution >= 0.6 is 11.3 Å². The molecule has 27 heavy (non-hydrogen) atoms. The van der Waals surface area contributed by atoms with E-state index in [2.05, 4.69) is 15.5 Å². The van der Waals surface area contributed by atoms with Crippen molar-refractivity contribution in [3.8, 4) is 10.6 Å². The normalized spacial score (nSPS) is 12.4. The molecule has 4 N–H and O–H groups in total. The van der Waals surface area contributed by atoms with Crippen LogP contribution in [-0.4, -0.2) is 28.1 Å². The number of carbonyl (C=O) groups is 2. The standard InChI is InChI=1S/C19H15FN4O2S/c1-9(18(21)25)22-19(26)11-6-7-12-15(16(11)20)17(24-23-12)14-8-10-4-2-3-5-13(10)27-14/h2-9H,1H3,(H2,21,25)(H,22,26)(H,23,24)/t9-/m0/s1. The lowest BCUT2D eigenvalue weighted by molar-refractivity contribution is -0.119. The Bertz CT molecular complexity index is 1160. The Morgan fingerprint density at radius 2 is 2.04 bits per heavy atom. The van der Waals surface area contributed by atoms with Crippen molar-refractivity contribution in [2.24, 2.45) is 5.73 Å². The Hall–Kier alpha value is -3.26. The summed E-state index contributed by atoms with van der Waals surface area (Å²) < 4.78 is 16.2. The van der Waals surface area contributed by atoms with Gasteiger partial charge in [-0.15, -0.1) is 11.3 Å². The first-order valence-corrected chi connectivity index (χ1v) is 9.03. The number of benzene rings is 2. The molecule has 2 amide bonds. The quantitative estimate of drug-likeness (QED) is 0.505. The van der Waals surface area contributed by atoms with Gasteiger partial charge < -0.3 is 11.1 Å². The summed E-state index contributed by atoms with van der Waals surface area (Å²) in [7, 11) is 0. The van der Waals surface area contributed by atoms with E-state index in [4.69, 9.17) is 5.73 Å². The molecule has 4 aromatic rings. The van der Waals surface area contributed by atoms with Crippen molar-refractivity contribution in [2.45, 2.75) is 13.0 Å². The molecule has 0 spiro atoms. The molecule has 2 aromatic heterocycles. The van der Waals surface area contributed by atoms with Crippen LogP contribution in [0.4, 0.5) is 4.39 Å². The van der Waals surface area contributed by atoms with E-state index in [1.54, 1.807) is 6.07 Å². The van der Waals surface area contributed by atoms with Gasteiger partial charge in [0.05, 0.1) is 21.3 Å². The van der Waals surface area contributed by atoms with Crippen LogP contribution in [0.2, 0.25) is 0 Å². The Kier molecular flexibility index (Phi) is 4.12. The summed E-state index contributed by atoms with van der Waals surface area (Å²) >= 11 is 1.50. The molecular weight excluding hydrogens is 367 g/mol. The molecule has 0 aliphatic heterocycles. The highest BCUT2D eigenvalue weighted by molar-refractivity contribution is 7.22. The maximum atomic E-state index is 15.2. The lowest BCUT2D eigenvalue weighted by Crippen LogP contribution is -2.42. The highest BCUT2D eigenvalue weighted by Gasteiger charge is 2.22. The van der Waals surface area contributed by atoms with Gasteiger partial charge in [0, 0.05) is 4.70 Å². The summed E-state index contributed by atoms with van der Waals surface area (Å²) in [4.78, 5) is 24.3. The summed E-state index contributed by atoms with van der Waals surface area (Å²) in [5, 5.41) is 10.7. The highest BCUT2D eigenvalue weighted by atomic mass is 32.1. The first-order chi connectivity index (χ1) is 13.0. The first kappa shape index (κ1) is 17.2. The second kappa shape index (κ2) is 6.48. The largest absolute Gasteiger partial charge is 0.368 e. The van der Waals surface area contributed by atoms with Crippen LogP contribution in [-0.2, 0) is 4.79 Å². The lowest BCUT2D eigenvalue weighted by Gasteiger charge is -2.11. The number of H-pyrrole nitrogens is 1. The number of primary amides is 1. The van der Waals surface area contributed by atoms with E-state index in [0.29, 0.717) is 11.2 Å². The number of aromatic amines is 1. The Morgan fingerprint density at radius 1 is 1.26 bits per heavy atom. The smallest absolute Gasteiger partial charge is 0.254 e. The topological polar surface area (TPSA) is 101 Å². The number of halogens is 1. The van der Waals surface area contributed by atoms with E-state index >= 15 is 4.39 Å². The number of amides is 2. The number of nitrogens with one attached hydrogen (secondary N) is 2. The van der Waals surface area contributed by atoms with Gasteiger partial charge in [-0.3, -0.25) is 14.7 Å². The van der Waals surface area contributed by atoms with Gasteiger partial charge in [-0.1, -0.05) is 18.2 Å². The minimum atomic E-state index is -0.904. The Morgan fingerprint density at radius 3 is 2.78 bits per heavy atom. The molecule has 0 bridgehead atoms. The minimum absolute atomic E-state index is 0.167. The van der Waals surface area contributed by atoms with Crippen LogP contribution in [0.5, 0.6) is 0 Å². The number of thiophene rings is 1. The molecule has 0 saturated heterocycles. The number of rotatable bonds is 4. The van der Waals surface area contributed by atoms with E-state index in [1.165, 1.54) is 24.3 Å². The van der Waals surface area contributed by atoms with E-state index in [9.17, 15) is 9.59 Å². The van der Waals surface area contributed by atoms with Gasteiger partial charge in [0.1, 0.15) is 17.6 Å². The maximum Gasteiger partial charge on any atom is 0.254 e. The summed E-state index contributed by atoms with van der Waals surface area (Å²) in [6.45, 7) is 1.44. The van der Waals surface area contributed by atoms with Gasteiger partial charge in [-0.2, -0.15) is 5.10 Å². The fourth-order valence-corrected chi connectivity index (χ4v) is 3.93. The molecule has 6 nitrogen and oxygen atoms in total. The Labute approximate surface area is 157 Å². The van der Waals surface area contributed by atoms with Crippen molar-refractivity contribution in [2.75, 3.05) is 0 Å². The lowest BCUT2D eigenvalue weighted by atomic mass is 10.1. The van der Waals surface area contributed by atoms with Crippen LogP contribution in [0.3, 0.4) is 0 Å². The molecule has 0 radical (unpaired) electrons. The monoisotopic (exact) mass is 382 g/mol. The zero-order valence-electron chi connectivity index (χ0n) is 14.2. The third-order valence-electron chi connectivity index (χ3n) is 4.34. The molecule has 0 aliphatic carbocycles. The van der Waals surface area contributed by atoms with Gasteiger partial charge in [-0.05, 0) is 36.6 Å². The molecule has 2 heterocycles. The number of fused-ring (bicyclic) bond motifs is 2. The molecule has 1 atom stereocenters. The molecule has 136 valence electrons. The number of hydrogen-bond donors (Lipinski definition) is 3. The minimum Gasteiger partial charge on any atom is -0.368 e. The van der Waals surface area contributed by atoms with Crippen LogP contribution in [0, 0.1) is 5.82 Å². The van der Waals surface area contributed by atoms with Gasteiger partial charge in [0.25, 0.3) is 5.91 Å². The van der Waals surface area contributed by atoms with Crippen molar-refractivity contribution in [1.82, 2.24) is 15.5 Å². The van der Waals surface area contributed by atoms with Crippen molar-refractivity contribution < 1.29 is 14.0 Å². The number of nitrogens with zero attached hydrogens (tertiary/aromatic N) is 1. The first-order valence-electron chi connectivity index (χ1n) is 8.21. The summed E-state index contributed by atoms with van der Waals surface area (Å²) in [6.07, 6.45) is 0. The van der Waals surface area contributed by atoms with Crippen LogP contribution in [0.15, 0.2) is 42.5 Å². The molecule has 0 aliphatic rings. The third kappa shape index (κ3) is 2.93. The Balaban J connectivity index is 1.82. The van der Waals surface area contributed by atoms with Crippen LogP contribution in [0.1, 0.15) is 17.3 Å². The highest BCUT2D eigenvalue weighted by Crippen LogP contribution is 2.37. The zero-order chi connectivity index (χ0) is 19.1. The second-order valence-corrected chi connectivity index (χ2v) is 7.25. The average Bonchev–Trinajstić information content (AvgIpc) is 3.25. The fraction of sp³-hybridized carbons (Fsp3) is 0.105. The van der Waals surface area contributed by atoms with Crippen molar-refractivity contribution in [3.05, 3.63) is 53.8 Å². The van der Waals surface area contributed by atoms with Crippen molar-refractivity contribution >= 4 is 44.1 Å². The maximum absolute atomic E-state index is 15.2. The number of carbonyl (C=O) groups excluding carboxylic acids is 2. The molecule has 2 aromatic carbocycles. The SMILES string of the molecule is C[C@H](NC(=O)c1ccc2[nH]nc(-c3cc4ccccc4s3)c2c1F)C(N)=O. The van der Waals surface area contributed by atoms with E-state index in [-0.39, 0.29) is 10.9 Å². The van der Waals surface area contributed by atoms with Crippen molar-refractivity contribution in [3.63, 3.8) is 0 Å². The van der Waals surface area contributed by atoms with Gasteiger partial charge in [0.2, 0.25) is 5.91 Å². The predicted octanol–water partition coefficient (Wildman–Crippen LogP) is 3.19. The molecule has 0 saturated carbocycles. The second-order valence-electron chi connectivity index (χ2n) is 6.17. The van der Waals surface area contributed by atoms with E-state index in [0.717, 1.165) is 15.0 Å². The fourth-order valence-electron chi connectivity index (χ4n) is 2.87. The third-order valence-corrected chi connectivity index (χ3v) is 5.47. The number of aromatic nitrogens is 2. The molecule has 4 rings (SSSR count). The molecule has 0 unspecified atom stereocenters. The van der Waals surface area contributed by atoms with E-state index in [1.807, 2.05) is 30.3 Å². The predicted molar refractivity (Wildman–Crippen MR) is 103 cm³/mol. The van der Waals surface area contributed by atoms with Gasteiger partial charge >= 0.3 is 0 Å². The summed E-state index contributed by atoms with van der Waals surface area (Å²) in [5.41, 5.74) is 5.91. The molecule has 8 heteroatoms. The van der Waals surface area contributed by atoms with Crippen LogP contribution < -0.4 is 11.1 Å². The van der Waals surface area contributed by atoms with Gasteiger partial charge in [-0.25, -0.2) is 4.39 Å². The number of hydrogen-bond acceptors (Lipinski definition) is 4. The zero-order valence-corrected chi connectivity index (χ0v) is 15.1. The van der Waals surface area contributed by atoms with Crippen LogP contribution in [0.25, 0.3) is 31.6 Å². The van der Waals surface area contributed by atoms with E-state index < -0.39 is 23.7 Å². The average molecular weight is 382 g/mol.